The Balaban J connectivity index is 2.05. The van der Waals surface area contributed by atoms with Crippen molar-refractivity contribution in [3.8, 4) is 0 Å². The van der Waals surface area contributed by atoms with Gasteiger partial charge in [-0.2, -0.15) is 0 Å². The monoisotopic (exact) mass is 389 g/mol. The fourth-order valence-corrected chi connectivity index (χ4v) is 3.28. The molecule has 1 heterocycles. The molecule has 1 aromatic carbocycles. The van der Waals surface area contributed by atoms with Crippen molar-refractivity contribution < 1.29 is 4.79 Å². The van der Waals surface area contributed by atoms with Gasteiger partial charge in [0, 0.05) is 36.5 Å². The topological polar surface area (TPSA) is 37.3 Å². The van der Waals surface area contributed by atoms with E-state index >= 15 is 0 Å². The lowest BCUT2D eigenvalue weighted by Crippen LogP contribution is -2.40. The second-order valence-corrected chi connectivity index (χ2v) is 7.41. The van der Waals surface area contributed by atoms with Gasteiger partial charge < -0.3 is 14.8 Å². The minimum atomic E-state index is 0.0371. The van der Waals surface area contributed by atoms with Crippen LogP contribution in [0.25, 0.3) is 0 Å². The standard InChI is InChI=1S/C22H32ClN3O/c1-3-5-7-14-26(22(27)24-13-6-4-2)18-21-12-9-15-25(21)17-19-10-8-11-20(23)16-19/h8-12,15-16H,3-7,13-14,17-18H2,1-2H3,(H,24,27). The molecule has 5 heteroatoms. The summed E-state index contributed by atoms with van der Waals surface area (Å²) < 4.78 is 2.19. The zero-order valence-electron chi connectivity index (χ0n) is 16.6. The Kier molecular flexibility index (Phi) is 9.26. The van der Waals surface area contributed by atoms with Gasteiger partial charge in [0.15, 0.2) is 0 Å². The first-order chi connectivity index (χ1) is 13.1. The lowest BCUT2D eigenvalue weighted by molar-refractivity contribution is 0.192. The molecule has 4 nitrogen and oxygen atoms in total. The maximum atomic E-state index is 12.6. The Morgan fingerprint density at radius 2 is 1.93 bits per heavy atom. The molecule has 2 amide bonds. The number of aromatic nitrogens is 1. The van der Waals surface area contributed by atoms with E-state index in [0.29, 0.717) is 6.54 Å². The molecule has 2 rings (SSSR count). The van der Waals surface area contributed by atoms with Gasteiger partial charge in [-0.25, -0.2) is 4.79 Å². The van der Waals surface area contributed by atoms with Crippen LogP contribution in [0.3, 0.4) is 0 Å². The summed E-state index contributed by atoms with van der Waals surface area (Å²) >= 11 is 6.11. The third-order valence-electron chi connectivity index (χ3n) is 4.64. The lowest BCUT2D eigenvalue weighted by atomic mass is 10.2. The maximum absolute atomic E-state index is 12.6. The third-order valence-corrected chi connectivity index (χ3v) is 4.88. The smallest absolute Gasteiger partial charge is 0.317 e. The molecule has 0 atom stereocenters. The second-order valence-electron chi connectivity index (χ2n) is 6.97. The predicted octanol–water partition coefficient (Wildman–Crippen LogP) is 5.69. The highest BCUT2D eigenvalue weighted by Gasteiger charge is 2.15. The molecular formula is C22H32ClN3O. The molecule has 0 radical (unpaired) electrons. The number of urea groups is 1. The lowest BCUT2D eigenvalue weighted by Gasteiger charge is -2.24. The average Bonchev–Trinajstić information content (AvgIpc) is 3.08. The molecule has 2 aromatic rings. The first-order valence-corrected chi connectivity index (χ1v) is 10.4. The average molecular weight is 390 g/mol. The van der Waals surface area contributed by atoms with Crippen molar-refractivity contribution >= 4 is 17.6 Å². The quantitative estimate of drug-likeness (QED) is 0.492. The molecule has 0 saturated heterocycles. The van der Waals surface area contributed by atoms with E-state index < -0.39 is 0 Å². The molecule has 148 valence electrons. The van der Waals surface area contributed by atoms with Gasteiger partial charge in [-0.05, 0) is 42.7 Å². The van der Waals surface area contributed by atoms with E-state index in [9.17, 15) is 4.79 Å². The van der Waals surface area contributed by atoms with Gasteiger partial charge in [-0.1, -0.05) is 56.8 Å². The molecule has 0 saturated carbocycles. The number of nitrogens with zero attached hydrogens (tertiary/aromatic N) is 2. The van der Waals surface area contributed by atoms with E-state index in [2.05, 4.69) is 42.1 Å². The van der Waals surface area contributed by atoms with Gasteiger partial charge in [0.1, 0.15) is 0 Å². The molecule has 0 aliphatic heterocycles. The van der Waals surface area contributed by atoms with E-state index in [-0.39, 0.29) is 6.03 Å². The molecule has 0 aliphatic rings. The van der Waals surface area contributed by atoms with Crippen LogP contribution in [-0.4, -0.2) is 28.6 Å². The predicted molar refractivity (Wildman–Crippen MR) is 113 cm³/mol. The zero-order valence-corrected chi connectivity index (χ0v) is 17.3. The number of unbranched alkanes of at least 4 members (excludes halogenated alkanes) is 3. The Bertz CT molecular complexity index is 698. The largest absolute Gasteiger partial charge is 0.345 e. The Hall–Kier alpha value is -1.94. The van der Waals surface area contributed by atoms with Gasteiger partial charge >= 0.3 is 6.03 Å². The van der Waals surface area contributed by atoms with Crippen molar-refractivity contribution in [3.63, 3.8) is 0 Å². The summed E-state index contributed by atoms with van der Waals surface area (Å²) in [5, 5.41) is 3.81. The number of halogens is 1. The number of amides is 2. The van der Waals surface area contributed by atoms with Crippen LogP contribution < -0.4 is 5.32 Å². The SMILES string of the molecule is CCCCCN(Cc1cccn1Cc1cccc(Cl)c1)C(=O)NCCCC. The third kappa shape index (κ3) is 7.30. The van der Waals surface area contributed by atoms with E-state index in [1.807, 2.05) is 29.2 Å². The van der Waals surface area contributed by atoms with E-state index in [0.717, 1.165) is 68.0 Å². The summed E-state index contributed by atoms with van der Waals surface area (Å²) in [5.41, 5.74) is 2.29. The molecule has 0 aliphatic carbocycles. The minimum absolute atomic E-state index is 0.0371. The molecule has 0 spiro atoms. The van der Waals surface area contributed by atoms with E-state index in [4.69, 9.17) is 11.6 Å². The molecule has 1 aromatic heterocycles. The first kappa shape index (κ1) is 21.4. The van der Waals surface area contributed by atoms with E-state index in [1.165, 1.54) is 0 Å². The molecule has 27 heavy (non-hydrogen) atoms. The Morgan fingerprint density at radius 1 is 1.11 bits per heavy atom. The van der Waals surface area contributed by atoms with Gasteiger partial charge in [-0.3, -0.25) is 0 Å². The summed E-state index contributed by atoms with van der Waals surface area (Å²) in [6.45, 7) is 7.21. The van der Waals surface area contributed by atoms with Crippen LogP contribution in [0.2, 0.25) is 5.02 Å². The highest BCUT2D eigenvalue weighted by molar-refractivity contribution is 6.30. The van der Waals surface area contributed by atoms with E-state index in [1.54, 1.807) is 0 Å². The van der Waals surface area contributed by atoms with Crippen LogP contribution in [-0.2, 0) is 13.1 Å². The molecular weight excluding hydrogens is 358 g/mol. The summed E-state index contributed by atoms with van der Waals surface area (Å²) in [6.07, 6.45) is 7.49. The zero-order chi connectivity index (χ0) is 19.5. The number of benzene rings is 1. The second kappa shape index (κ2) is 11.7. The molecule has 0 bridgehead atoms. The van der Waals surface area contributed by atoms with Crippen LogP contribution in [0, 0.1) is 0 Å². The summed E-state index contributed by atoms with van der Waals surface area (Å²) in [5.74, 6) is 0. The number of hydrogen-bond acceptors (Lipinski definition) is 1. The maximum Gasteiger partial charge on any atom is 0.317 e. The van der Waals surface area contributed by atoms with Crippen molar-refractivity contribution in [2.75, 3.05) is 13.1 Å². The van der Waals surface area contributed by atoms with Gasteiger partial charge in [0.2, 0.25) is 0 Å². The fraction of sp³-hybridized carbons (Fsp3) is 0.500. The van der Waals surface area contributed by atoms with Crippen molar-refractivity contribution in [1.82, 2.24) is 14.8 Å². The van der Waals surface area contributed by atoms with Crippen molar-refractivity contribution in [2.45, 2.75) is 59.0 Å². The number of carbonyl (C=O) groups is 1. The van der Waals surface area contributed by atoms with Crippen LogP contribution in [0.1, 0.15) is 57.2 Å². The molecule has 0 unspecified atom stereocenters. The Morgan fingerprint density at radius 3 is 2.67 bits per heavy atom. The number of hydrogen-bond donors (Lipinski definition) is 1. The van der Waals surface area contributed by atoms with Crippen molar-refractivity contribution in [1.29, 1.82) is 0 Å². The van der Waals surface area contributed by atoms with Crippen molar-refractivity contribution in [2.24, 2.45) is 0 Å². The Labute approximate surface area is 168 Å². The summed E-state index contributed by atoms with van der Waals surface area (Å²) in [4.78, 5) is 14.6. The van der Waals surface area contributed by atoms with Crippen LogP contribution in [0.15, 0.2) is 42.6 Å². The number of rotatable bonds is 11. The van der Waals surface area contributed by atoms with Gasteiger partial charge in [0.25, 0.3) is 0 Å². The van der Waals surface area contributed by atoms with Crippen molar-refractivity contribution in [3.05, 3.63) is 58.9 Å². The van der Waals surface area contributed by atoms with Crippen LogP contribution in [0.4, 0.5) is 4.79 Å². The minimum Gasteiger partial charge on any atom is -0.345 e. The van der Waals surface area contributed by atoms with Crippen LogP contribution in [0.5, 0.6) is 0 Å². The first-order valence-electron chi connectivity index (χ1n) is 10.0. The highest BCUT2D eigenvalue weighted by atomic mass is 35.5. The molecule has 1 N–H and O–H groups in total. The highest BCUT2D eigenvalue weighted by Crippen LogP contribution is 2.15. The number of nitrogens with one attached hydrogen (secondary N) is 1. The fourth-order valence-electron chi connectivity index (χ4n) is 3.06. The van der Waals surface area contributed by atoms with Crippen LogP contribution >= 0.6 is 11.6 Å². The summed E-state index contributed by atoms with van der Waals surface area (Å²) in [6, 6.07) is 12.1. The normalized spacial score (nSPS) is 10.8. The van der Waals surface area contributed by atoms with Gasteiger partial charge in [0.05, 0.1) is 6.54 Å². The molecule has 0 fully saturated rings. The summed E-state index contributed by atoms with van der Waals surface area (Å²) in [7, 11) is 0. The van der Waals surface area contributed by atoms with Gasteiger partial charge in [-0.15, -0.1) is 0 Å². The number of carbonyl (C=O) groups excluding carboxylic acids is 1.